The van der Waals surface area contributed by atoms with Gasteiger partial charge in [-0.05, 0) is 69.0 Å². The monoisotopic (exact) mass is 670 g/mol. The van der Waals surface area contributed by atoms with Gasteiger partial charge in [0.25, 0.3) is 0 Å². The van der Waals surface area contributed by atoms with Gasteiger partial charge in [-0.25, -0.2) is 9.59 Å². The number of hydrogen-bond donors (Lipinski definition) is 2. The van der Waals surface area contributed by atoms with Crippen LogP contribution in [0.25, 0.3) is 6.08 Å². The molecule has 0 amide bonds. The van der Waals surface area contributed by atoms with Crippen molar-refractivity contribution in [2.24, 2.45) is 5.92 Å². The molecule has 1 heterocycles. The molecule has 0 bridgehead atoms. The largest absolute Gasteiger partial charge is 0.494 e. The topological polar surface area (TPSA) is 130 Å². The lowest BCUT2D eigenvalue weighted by atomic mass is 9.99. The van der Waals surface area contributed by atoms with Gasteiger partial charge in [-0.15, -0.1) is 0 Å². The van der Waals surface area contributed by atoms with Crippen molar-refractivity contribution in [2.45, 2.75) is 90.0 Å². The Labute approximate surface area is 279 Å². The predicted octanol–water partition coefficient (Wildman–Crippen LogP) is 6.81. The number of hydrogen-bond acceptors (Lipinski definition) is 9. The smallest absolute Gasteiger partial charge is 0.340 e. The van der Waals surface area contributed by atoms with Gasteiger partial charge in [0, 0.05) is 21.3 Å². The first-order valence-electron chi connectivity index (χ1n) is 15.9. The van der Waals surface area contributed by atoms with E-state index in [0.717, 1.165) is 6.04 Å². The molecule has 5 atom stereocenters. The number of rotatable bonds is 17. The normalized spacial score (nSPS) is 19.9. The molecule has 47 heavy (non-hydrogen) atoms. The van der Waals surface area contributed by atoms with E-state index < -0.39 is 50.2 Å². The third kappa shape index (κ3) is 11.9. The summed E-state index contributed by atoms with van der Waals surface area (Å²) in [7, 11) is 0.101. The van der Waals surface area contributed by atoms with Gasteiger partial charge in [0.2, 0.25) is 0 Å². The molecular formula is C36H50O10Si. The molecule has 2 aromatic rings. The highest BCUT2D eigenvalue weighted by Gasteiger charge is 2.45. The average Bonchev–Trinajstić information content (AvgIpc) is 3.31. The molecule has 0 aliphatic carbocycles. The van der Waals surface area contributed by atoms with Crippen molar-refractivity contribution in [1.29, 1.82) is 0 Å². The Balaban J connectivity index is 1.93. The van der Waals surface area contributed by atoms with Gasteiger partial charge in [0.05, 0.1) is 24.4 Å². The second kappa shape index (κ2) is 17.1. The molecule has 258 valence electrons. The first kappa shape index (κ1) is 38.0. The van der Waals surface area contributed by atoms with Gasteiger partial charge < -0.3 is 38.6 Å². The molecule has 1 fully saturated rings. The lowest BCUT2D eigenvalue weighted by molar-refractivity contribution is -0.152. The van der Waals surface area contributed by atoms with Crippen molar-refractivity contribution in [3.05, 3.63) is 77.4 Å². The van der Waals surface area contributed by atoms with E-state index in [4.69, 9.17) is 28.4 Å². The summed E-state index contributed by atoms with van der Waals surface area (Å²) in [4.78, 5) is 25.5. The van der Waals surface area contributed by atoms with Crippen LogP contribution >= 0.6 is 0 Å². The third-order valence-corrected chi connectivity index (χ3v) is 9.31. The van der Waals surface area contributed by atoms with Crippen LogP contribution in [0.15, 0.2) is 60.7 Å². The van der Waals surface area contributed by atoms with Gasteiger partial charge >= 0.3 is 11.9 Å². The molecule has 0 aromatic heterocycles. The van der Waals surface area contributed by atoms with Crippen molar-refractivity contribution >= 4 is 26.1 Å². The molecule has 1 unspecified atom stereocenters. The molecule has 2 N–H and O–H groups in total. The number of esters is 1. The minimum atomic E-state index is -1.36. The highest BCUT2D eigenvalue weighted by atomic mass is 28.3. The van der Waals surface area contributed by atoms with Crippen LogP contribution in [0.5, 0.6) is 11.5 Å². The van der Waals surface area contributed by atoms with Crippen LogP contribution < -0.4 is 9.47 Å². The second-order valence-corrected chi connectivity index (χ2v) is 19.0. The number of carbonyl (C=O) groups is 2. The minimum Gasteiger partial charge on any atom is -0.494 e. The molecule has 0 spiro atoms. The van der Waals surface area contributed by atoms with Crippen LogP contribution in [0.2, 0.25) is 25.7 Å². The number of benzene rings is 2. The lowest BCUT2D eigenvalue weighted by Gasteiger charge is -2.25. The predicted molar refractivity (Wildman–Crippen MR) is 183 cm³/mol. The molecular weight excluding hydrogens is 620 g/mol. The zero-order chi connectivity index (χ0) is 34.8. The maximum Gasteiger partial charge on any atom is 0.340 e. The molecule has 3 rings (SSSR count). The number of aromatic carboxylic acids is 1. The standard InChI is InChI=1S/C36H50O10Si/c1-24(25(2)37)17-18-29(44-35(40)26-13-10-9-11-14-26)33-30(45-36(3,4)46-33)16-12-15-27-21-28(42-19-20-47(6,7)8)22-31(43-23-41-5)32(27)34(38)39/h9-15,17-18,21-22,24-25,29-30,33,37H,16,19-20,23H2,1-8H3,(H,38,39)/b15-12+,18-17-/t24-,25+,29?,30-,33-/m1/s1. The van der Waals surface area contributed by atoms with Crippen molar-refractivity contribution in [2.75, 3.05) is 20.5 Å². The van der Waals surface area contributed by atoms with E-state index in [1.54, 1.807) is 81.5 Å². The van der Waals surface area contributed by atoms with E-state index in [2.05, 4.69) is 19.6 Å². The van der Waals surface area contributed by atoms with Crippen LogP contribution in [0.3, 0.4) is 0 Å². The number of aliphatic hydroxyl groups is 1. The quantitative estimate of drug-likeness (QED) is 0.0802. The molecule has 0 radical (unpaired) electrons. The van der Waals surface area contributed by atoms with E-state index >= 15 is 0 Å². The summed E-state index contributed by atoms with van der Waals surface area (Å²) < 4.78 is 35.2. The van der Waals surface area contributed by atoms with Gasteiger partial charge in [-0.1, -0.05) is 63.0 Å². The zero-order valence-corrected chi connectivity index (χ0v) is 29.7. The van der Waals surface area contributed by atoms with Gasteiger partial charge in [0.1, 0.15) is 29.3 Å². The maximum atomic E-state index is 13.1. The molecule has 11 heteroatoms. The highest BCUT2D eigenvalue weighted by molar-refractivity contribution is 6.76. The summed E-state index contributed by atoms with van der Waals surface area (Å²) in [5.74, 6) is -2.24. The Bertz CT molecular complexity index is 1380. The third-order valence-electron chi connectivity index (χ3n) is 7.60. The summed E-state index contributed by atoms with van der Waals surface area (Å²) in [6, 6.07) is 12.9. The van der Waals surface area contributed by atoms with Crippen molar-refractivity contribution in [1.82, 2.24) is 0 Å². The van der Waals surface area contributed by atoms with Crippen LogP contribution in [0, 0.1) is 5.92 Å². The summed E-state index contributed by atoms with van der Waals surface area (Å²) in [5, 5.41) is 20.2. The lowest BCUT2D eigenvalue weighted by Crippen LogP contribution is -2.37. The molecule has 0 saturated carbocycles. The molecule has 1 saturated heterocycles. The van der Waals surface area contributed by atoms with E-state index in [-0.39, 0.29) is 24.0 Å². The summed E-state index contributed by atoms with van der Waals surface area (Å²) >= 11 is 0. The average molecular weight is 671 g/mol. The van der Waals surface area contributed by atoms with E-state index in [9.17, 15) is 19.8 Å². The highest BCUT2D eigenvalue weighted by Crippen LogP contribution is 2.35. The molecule has 1 aliphatic rings. The fourth-order valence-electron chi connectivity index (χ4n) is 4.85. The van der Waals surface area contributed by atoms with E-state index in [1.165, 1.54) is 7.11 Å². The summed E-state index contributed by atoms with van der Waals surface area (Å²) in [6.07, 6.45) is 4.62. The maximum absolute atomic E-state index is 13.1. The summed E-state index contributed by atoms with van der Waals surface area (Å²) in [6.45, 7) is 14.3. The Morgan fingerprint density at radius 2 is 1.74 bits per heavy atom. The second-order valence-electron chi connectivity index (χ2n) is 13.4. The number of aliphatic hydroxyl groups excluding tert-OH is 1. The summed E-state index contributed by atoms with van der Waals surface area (Å²) in [5.41, 5.74) is 0.756. The van der Waals surface area contributed by atoms with E-state index in [1.807, 2.05) is 13.0 Å². The minimum absolute atomic E-state index is 0.0268. The fourth-order valence-corrected chi connectivity index (χ4v) is 5.56. The first-order chi connectivity index (χ1) is 22.1. The van der Waals surface area contributed by atoms with Gasteiger partial charge in [-0.2, -0.15) is 0 Å². The van der Waals surface area contributed by atoms with Crippen molar-refractivity contribution in [3.63, 3.8) is 0 Å². The number of ether oxygens (including phenoxy) is 6. The Hall–Kier alpha value is -3.48. The molecule has 1 aliphatic heterocycles. The Morgan fingerprint density at radius 1 is 1.04 bits per heavy atom. The van der Waals surface area contributed by atoms with Gasteiger partial charge in [0.15, 0.2) is 12.6 Å². The van der Waals surface area contributed by atoms with Crippen LogP contribution in [-0.2, 0) is 18.9 Å². The Morgan fingerprint density at radius 3 is 2.36 bits per heavy atom. The SMILES string of the molecule is COCOc1cc(OCC[Si](C)(C)C)cc(/C=C/C[C@H]2OC(C)(C)O[C@@H]2C(/C=C\[C@@H](C)[C@H](C)O)OC(=O)c2ccccc2)c1C(=O)O. The van der Waals surface area contributed by atoms with Crippen LogP contribution in [0.4, 0.5) is 0 Å². The molecule has 2 aromatic carbocycles. The van der Waals surface area contributed by atoms with Gasteiger partial charge in [-0.3, -0.25) is 0 Å². The zero-order valence-electron chi connectivity index (χ0n) is 28.7. The van der Waals surface area contributed by atoms with E-state index in [0.29, 0.717) is 29.9 Å². The number of carboxylic acids is 1. The van der Waals surface area contributed by atoms with Crippen LogP contribution in [-0.4, -0.2) is 80.9 Å². The van der Waals surface area contributed by atoms with Crippen molar-refractivity contribution < 1.29 is 48.2 Å². The fraction of sp³-hybridized carbons (Fsp3) is 0.500. The number of carbonyl (C=O) groups excluding carboxylic acids is 1. The number of methoxy groups -OCH3 is 1. The number of carboxylic acid groups (broad SMARTS) is 1. The first-order valence-corrected chi connectivity index (χ1v) is 19.6. The van der Waals surface area contributed by atoms with Crippen LogP contribution in [0.1, 0.15) is 60.4 Å². The van der Waals surface area contributed by atoms with Crippen molar-refractivity contribution in [3.8, 4) is 11.5 Å². The Kier molecular flexibility index (Phi) is 13.8. The molecule has 10 nitrogen and oxygen atoms in total.